The predicted octanol–water partition coefficient (Wildman–Crippen LogP) is 4.04. The first-order valence-electron chi connectivity index (χ1n) is 9.10. The van der Waals surface area contributed by atoms with E-state index in [0.717, 1.165) is 5.56 Å². The second-order valence-corrected chi connectivity index (χ2v) is 10.1. The molecule has 0 aliphatic carbocycles. The van der Waals surface area contributed by atoms with Crippen molar-refractivity contribution in [2.75, 3.05) is 0 Å². The molecule has 1 aromatic heterocycles. The van der Waals surface area contributed by atoms with Gasteiger partial charge in [-0.2, -0.15) is 9.40 Å². The van der Waals surface area contributed by atoms with E-state index < -0.39 is 10.0 Å². The van der Waals surface area contributed by atoms with Crippen molar-refractivity contribution >= 4 is 10.0 Å². The average Bonchev–Trinajstić information content (AvgIpc) is 2.92. The van der Waals surface area contributed by atoms with Gasteiger partial charge in [-0.3, -0.25) is 4.68 Å². The molecule has 0 atom stereocenters. The van der Waals surface area contributed by atoms with Crippen LogP contribution in [-0.2, 0) is 22.0 Å². The van der Waals surface area contributed by atoms with Crippen molar-refractivity contribution < 1.29 is 8.42 Å². The Morgan fingerprint density at radius 2 is 1.58 bits per heavy atom. The van der Waals surface area contributed by atoms with Gasteiger partial charge < -0.3 is 0 Å². The van der Waals surface area contributed by atoms with Crippen molar-refractivity contribution in [3.63, 3.8) is 0 Å². The number of hydrogen-bond donors (Lipinski definition) is 0. The van der Waals surface area contributed by atoms with Crippen LogP contribution >= 0.6 is 0 Å². The Kier molecular flexibility index (Phi) is 5.98. The quantitative estimate of drug-likeness (QED) is 0.763. The van der Waals surface area contributed by atoms with E-state index in [0.29, 0.717) is 17.1 Å². The summed E-state index contributed by atoms with van der Waals surface area (Å²) in [5.74, 6) is 0. The van der Waals surface area contributed by atoms with Crippen LogP contribution in [0, 0.1) is 0 Å². The summed E-state index contributed by atoms with van der Waals surface area (Å²) in [6, 6.07) is 9.70. The predicted molar refractivity (Wildman–Crippen MR) is 106 cm³/mol. The number of rotatable bonds is 6. The van der Waals surface area contributed by atoms with Crippen molar-refractivity contribution in [3.8, 4) is 0 Å². The van der Waals surface area contributed by atoms with Gasteiger partial charge in [0.1, 0.15) is 4.90 Å². The maximum atomic E-state index is 13.4. The Morgan fingerprint density at radius 3 is 2.04 bits per heavy atom. The standard InChI is InChI=1S/C20H31N3O2S/c1-15(2)23(16(3)4)26(24,25)18-14-22(21-19(18)20(5,6)7)13-17-11-9-8-10-12-17/h8-12,14-16H,13H2,1-7H3. The van der Waals surface area contributed by atoms with Crippen LogP contribution in [0.5, 0.6) is 0 Å². The summed E-state index contributed by atoms with van der Waals surface area (Å²) in [4.78, 5) is 0.309. The van der Waals surface area contributed by atoms with E-state index in [1.807, 2.05) is 78.8 Å². The molecule has 0 saturated heterocycles. The van der Waals surface area contributed by atoms with Crippen molar-refractivity contribution in [3.05, 3.63) is 47.8 Å². The molecule has 0 bridgehead atoms. The maximum Gasteiger partial charge on any atom is 0.246 e. The van der Waals surface area contributed by atoms with Gasteiger partial charge in [-0.1, -0.05) is 51.1 Å². The van der Waals surface area contributed by atoms with Gasteiger partial charge in [-0.05, 0) is 33.3 Å². The molecule has 0 aliphatic rings. The first kappa shape index (κ1) is 20.6. The summed E-state index contributed by atoms with van der Waals surface area (Å²) < 4.78 is 30.1. The normalized spacial score (nSPS) is 13.2. The second kappa shape index (κ2) is 7.53. The molecular formula is C20H31N3O2S. The van der Waals surface area contributed by atoms with E-state index in [1.54, 1.807) is 15.2 Å². The summed E-state index contributed by atoms with van der Waals surface area (Å²) in [6.07, 6.45) is 1.68. The monoisotopic (exact) mass is 377 g/mol. The molecule has 1 heterocycles. The Morgan fingerprint density at radius 1 is 1.04 bits per heavy atom. The average molecular weight is 378 g/mol. The lowest BCUT2D eigenvalue weighted by molar-refractivity contribution is 0.301. The third kappa shape index (κ3) is 4.35. The molecular weight excluding hydrogens is 346 g/mol. The van der Waals surface area contributed by atoms with E-state index in [2.05, 4.69) is 5.10 Å². The van der Waals surface area contributed by atoms with Crippen LogP contribution < -0.4 is 0 Å². The molecule has 5 nitrogen and oxygen atoms in total. The van der Waals surface area contributed by atoms with Crippen LogP contribution in [0.3, 0.4) is 0 Å². The van der Waals surface area contributed by atoms with Crippen molar-refractivity contribution in [2.45, 2.75) is 77.4 Å². The summed E-state index contributed by atoms with van der Waals surface area (Å²) in [5, 5.41) is 4.65. The molecule has 0 unspecified atom stereocenters. The molecule has 0 fully saturated rings. The van der Waals surface area contributed by atoms with Crippen LogP contribution in [0.15, 0.2) is 41.4 Å². The van der Waals surface area contributed by atoms with Crippen molar-refractivity contribution in [1.29, 1.82) is 0 Å². The molecule has 0 aliphatic heterocycles. The van der Waals surface area contributed by atoms with Crippen LogP contribution in [0.4, 0.5) is 0 Å². The first-order chi connectivity index (χ1) is 11.9. The highest BCUT2D eigenvalue weighted by molar-refractivity contribution is 7.89. The van der Waals surface area contributed by atoms with Gasteiger partial charge in [0, 0.05) is 23.7 Å². The topological polar surface area (TPSA) is 55.2 Å². The number of aromatic nitrogens is 2. The minimum Gasteiger partial charge on any atom is -0.267 e. The largest absolute Gasteiger partial charge is 0.267 e. The summed E-state index contributed by atoms with van der Waals surface area (Å²) in [6.45, 7) is 14.2. The molecule has 6 heteroatoms. The summed E-state index contributed by atoms with van der Waals surface area (Å²) in [5.41, 5.74) is 1.33. The van der Waals surface area contributed by atoms with Gasteiger partial charge in [0.05, 0.1) is 12.2 Å². The molecule has 2 aromatic rings. The Bertz CT molecular complexity index is 824. The molecule has 0 spiro atoms. The van der Waals surface area contributed by atoms with Crippen LogP contribution in [-0.4, -0.2) is 34.6 Å². The molecule has 1 aromatic carbocycles. The highest BCUT2D eigenvalue weighted by Crippen LogP contribution is 2.31. The second-order valence-electron chi connectivity index (χ2n) is 8.30. The van der Waals surface area contributed by atoms with Crippen molar-refractivity contribution in [2.24, 2.45) is 0 Å². The van der Waals surface area contributed by atoms with E-state index in [1.165, 1.54) is 0 Å². The molecule has 0 amide bonds. The third-order valence-electron chi connectivity index (χ3n) is 4.20. The molecule has 0 radical (unpaired) electrons. The van der Waals surface area contributed by atoms with Crippen LogP contribution in [0.1, 0.15) is 59.7 Å². The summed E-state index contributed by atoms with van der Waals surface area (Å²) in [7, 11) is -3.63. The van der Waals surface area contributed by atoms with Crippen LogP contribution in [0.25, 0.3) is 0 Å². The minimum atomic E-state index is -3.63. The Hall–Kier alpha value is -1.66. The number of benzene rings is 1. The molecule has 144 valence electrons. The summed E-state index contributed by atoms with van der Waals surface area (Å²) >= 11 is 0. The molecule has 0 saturated carbocycles. The lowest BCUT2D eigenvalue weighted by Gasteiger charge is -2.30. The first-order valence-corrected chi connectivity index (χ1v) is 10.5. The fraction of sp³-hybridized carbons (Fsp3) is 0.550. The zero-order valence-electron chi connectivity index (χ0n) is 16.9. The van der Waals surface area contributed by atoms with Crippen LogP contribution in [0.2, 0.25) is 0 Å². The van der Waals surface area contributed by atoms with Gasteiger partial charge in [-0.25, -0.2) is 8.42 Å². The van der Waals surface area contributed by atoms with E-state index in [-0.39, 0.29) is 17.5 Å². The SMILES string of the molecule is CC(C)N(C(C)C)S(=O)(=O)c1cn(Cc2ccccc2)nc1C(C)(C)C. The number of nitrogens with zero attached hydrogens (tertiary/aromatic N) is 3. The fourth-order valence-electron chi connectivity index (χ4n) is 3.23. The highest BCUT2D eigenvalue weighted by atomic mass is 32.2. The highest BCUT2D eigenvalue weighted by Gasteiger charge is 2.36. The van der Waals surface area contributed by atoms with Gasteiger partial charge in [0.25, 0.3) is 0 Å². The van der Waals surface area contributed by atoms with E-state index in [9.17, 15) is 8.42 Å². The smallest absolute Gasteiger partial charge is 0.246 e. The minimum absolute atomic E-state index is 0.120. The third-order valence-corrected chi connectivity index (χ3v) is 6.45. The zero-order chi connectivity index (χ0) is 19.7. The maximum absolute atomic E-state index is 13.4. The molecule has 0 N–H and O–H groups in total. The number of sulfonamides is 1. The van der Waals surface area contributed by atoms with Crippen molar-refractivity contribution in [1.82, 2.24) is 14.1 Å². The van der Waals surface area contributed by atoms with E-state index >= 15 is 0 Å². The zero-order valence-corrected chi connectivity index (χ0v) is 17.7. The Labute approximate surface area is 158 Å². The van der Waals surface area contributed by atoms with Gasteiger partial charge in [0.2, 0.25) is 10.0 Å². The van der Waals surface area contributed by atoms with E-state index in [4.69, 9.17) is 0 Å². The number of hydrogen-bond acceptors (Lipinski definition) is 3. The van der Waals surface area contributed by atoms with Gasteiger partial charge in [-0.15, -0.1) is 0 Å². The van der Waals surface area contributed by atoms with Gasteiger partial charge >= 0.3 is 0 Å². The van der Waals surface area contributed by atoms with Gasteiger partial charge in [0.15, 0.2) is 0 Å². The molecule has 26 heavy (non-hydrogen) atoms. The lowest BCUT2D eigenvalue weighted by Crippen LogP contribution is -2.42. The fourth-order valence-corrected chi connectivity index (χ4v) is 5.41. The molecule has 2 rings (SSSR count). The Balaban J connectivity index is 2.56. The lowest BCUT2D eigenvalue weighted by atomic mass is 9.92.